The van der Waals surface area contributed by atoms with E-state index in [1.54, 1.807) is 35.2 Å². The van der Waals surface area contributed by atoms with Crippen molar-refractivity contribution in [3.8, 4) is 11.1 Å². The Balaban J connectivity index is 1.91. The van der Waals surface area contributed by atoms with Gasteiger partial charge in [0.2, 0.25) is 0 Å². The van der Waals surface area contributed by atoms with Gasteiger partial charge in [0.05, 0.1) is 12.1 Å². The molecule has 132 valence electrons. The molecule has 4 rings (SSSR count). The van der Waals surface area contributed by atoms with Gasteiger partial charge in [-0.25, -0.2) is 4.39 Å². The molecule has 0 atom stereocenters. The van der Waals surface area contributed by atoms with Crippen molar-refractivity contribution < 1.29 is 4.39 Å². The first-order valence-corrected chi connectivity index (χ1v) is 8.71. The molecule has 0 aliphatic carbocycles. The molecule has 0 fully saturated rings. The van der Waals surface area contributed by atoms with Gasteiger partial charge in [0.25, 0.3) is 5.56 Å². The van der Waals surface area contributed by atoms with Crippen LogP contribution in [0.25, 0.3) is 11.1 Å². The second-order valence-corrected chi connectivity index (χ2v) is 6.74. The van der Waals surface area contributed by atoms with Gasteiger partial charge in [-0.1, -0.05) is 18.2 Å². The second kappa shape index (κ2) is 6.84. The lowest BCUT2D eigenvalue weighted by Gasteiger charge is -2.28. The number of fused-ring (bicyclic) bond motifs is 1. The highest BCUT2D eigenvalue weighted by Crippen LogP contribution is 2.25. The Labute approximate surface area is 151 Å². The molecule has 3 aromatic rings. The zero-order chi connectivity index (χ0) is 18.1. The number of benzene rings is 1. The monoisotopic (exact) mass is 349 g/mol. The smallest absolute Gasteiger partial charge is 0.259 e. The molecule has 3 heterocycles. The molecule has 1 aromatic carbocycles. The van der Waals surface area contributed by atoms with E-state index >= 15 is 0 Å². The lowest BCUT2D eigenvalue weighted by molar-refractivity contribution is 0.305. The van der Waals surface area contributed by atoms with Crippen LogP contribution in [0, 0.1) is 5.82 Å². The van der Waals surface area contributed by atoms with Crippen molar-refractivity contribution in [2.45, 2.75) is 19.5 Å². The third kappa shape index (κ3) is 3.06. The lowest BCUT2D eigenvalue weighted by Crippen LogP contribution is -2.34. The lowest BCUT2D eigenvalue weighted by atomic mass is 9.98. The van der Waals surface area contributed by atoms with Crippen LogP contribution >= 0.6 is 0 Å². The van der Waals surface area contributed by atoms with Crippen molar-refractivity contribution in [1.82, 2.24) is 14.5 Å². The maximum Gasteiger partial charge on any atom is 0.259 e. The van der Waals surface area contributed by atoms with Crippen molar-refractivity contribution in [3.05, 3.63) is 87.9 Å². The maximum atomic E-state index is 14.4. The van der Waals surface area contributed by atoms with Gasteiger partial charge >= 0.3 is 0 Å². The number of likely N-dealkylation sites (N-methyl/N-ethyl adjacent to an activating group) is 1. The van der Waals surface area contributed by atoms with Crippen LogP contribution in [-0.2, 0) is 19.5 Å². The predicted molar refractivity (Wildman–Crippen MR) is 99.5 cm³/mol. The fourth-order valence-electron chi connectivity index (χ4n) is 3.57. The normalized spacial score (nSPS) is 14.2. The summed E-state index contributed by atoms with van der Waals surface area (Å²) in [4.78, 5) is 19.5. The SMILES string of the molecule is CN1CCc2c(cc(-c3ccccc3F)c(=O)n2Cc2ccncc2)C1. The van der Waals surface area contributed by atoms with Gasteiger partial charge in [-0.05, 0) is 42.4 Å². The first-order valence-electron chi connectivity index (χ1n) is 8.71. The van der Waals surface area contributed by atoms with E-state index in [1.165, 1.54) is 6.07 Å². The maximum absolute atomic E-state index is 14.4. The second-order valence-electron chi connectivity index (χ2n) is 6.74. The molecule has 0 radical (unpaired) electrons. The molecule has 4 nitrogen and oxygen atoms in total. The molecule has 2 aromatic heterocycles. The summed E-state index contributed by atoms with van der Waals surface area (Å²) >= 11 is 0. The van der Waals surface area contributed by atoms with Gasteiger partial charge in [0.1, 0.15) is 5.82 Å². The number of nitrogens with zero attached hydrogens (tertiary/aromatic N) is 3. The number of halogens is 1. The molecule has 0 saturated heterocycles. The average Bonchev–Trinajstić information content (AvgIpc) is 2.65. The molecule has 0 bridgehead atoms. The van der Waals surface area contributed by atoms with E-state index in [0.29, 0.717) is 17.7 Å². The number of hydrogen-bond donors (Lipinski definition) is 0. The minimum absolute atomic E-state index is 0.143. The van der Waals surface area contributed by atoms with Gasteiger partial charge < -0.3 is 9.47 Å². The van der Waals surface area contributed by atoms with Crippen molar-refractivity contribution in [2.75, 3.05) is 13.6 Å². The standard InChI is InChI=1S/C21H20FN3O/c1-24-11-8-20-16(14-24)12-18(17-4-2-3-5-19(17)22)21(26)25(20)13-15-6-9-23-10-7-15/h2-7,9-10,12H,8,11,13-14H2,1H3. The molecule has 0 spiro atoms. The van der Waals surface area contributed by atoms with Gasteiger partial charge in [0.15, 0.2) is 0 Å². The van der Waals surface area contributed by atoms with Crippen LogP contribution in [0.5, 0.6) is 0 Å². The quantitative estimate of drug-likeness (QED) is 0.729. The summed E-state index contributed by atoms with van der Waals surface area (Å²) in [5, 5.41) is 0. The fraction of sp³-hybridized carbons (Fsp3) is 0.238. The first-order chi connectivity index (χ1) is 12.6. The van der Waals surface area contributed by atoms with Crippen LogP contribution in [0.4, 0.5) is 4.39 Å². The highest BCUT2D eigenvalue weighted by molar-refractivity contribution is 5.64. The summed E-state index contributed by atoms with van der Waals surface area (Å²) in [6, 6.07) is 12.1. The van der Waals surface area contributed by atoms with Gasteiger partial charge in [-0.3, -0.25) is 9.78 Å². The molecule has 0 saturated carbocycles. The zero-order valence-electron chi connectivity index (χ0n) is 14.7. The minimum atomic E-state index is -0.371. The molecular weight excluding hydrogens is 329 g/mol. The largest absolute Gasteiger partial charge is 0.307 e. The molecule has 0 N–H and O–H groups in total. The summed E-state index contributed by atoms with van der Waals surface area (Å²) < 4.78 is 16.2. The fourth-order valence-corrected chi connectivity index (χ4v) is 3.57. The molecule has 26 heavy (non-hydrogen) atoms. The third-order valence-electron chi connectivity index (χ3n) is 4.92. The molecule has 0 unspecified atom stereocenters. The van der Waals surface area contributed by atoms with Crippen molar-refractivity contribution in [3.63, 3.8) is 0 Å². The predicted octanol–water partition coefficient (Wildman–Crippen LogP) is 3.09. The summed E-state index contributed by atoms with van der Waals surface area (Å²) in [6.45, 7) is 2.13. The molecule has 1 aliphatic heterocycles. The number of pyridine rings is 2. The Bertz CT molecular complexity index is 998. The number of rotatable bonds is 3. The van der Waals surface area contributed by atoms with Crippen molar-refractivity contribution in [2.24, 2.45) is 0 Å². The Morgan fingerprint density at radius 2 is 1.88 bits per heavy atom. The van der Waals surface area contributed by atoms with Crippen LogP contribution in [0.1, 0.15) is 16.8 Å². The number of hydrogen-bond acceptors (Lipinski definition) is 3. The van der Waals surface area contributed by atoms with Gasteiger partial charge in [0, 0.05) is 43.2 Å². The molecule has 1 aliphatic rings. The highest BCUT2D eigenvalue weighted by atomic mass is 19.1. The van der Waals surface area contributed by atoms with Crippen molar-refractivity contribution >= 4 is 0 Å². The summed E-state index contributed by atoms with van der Waals surface area (Å²) in [7, 11) is 2.06. The minimum Gasteiger partial charge on any atom is -0.307 e. The Hall–Kier alpha value is -2.79. The topological polar surface area (TPSA) is 38.1 Å². The molecule has 0 amide bonds. The average molecular weight is 349 g/mol. The van der Waals surface area contributed by atoms with Crippen LogP contribution < -0.4 is 5.56 Å². The Kier molecular flexibility index (Phi) is 4.39. The van der Waals surface area contributed by atoms with Crippen LogP contribution in [-0.4, -0.2) is 28.0 Å². The van der Waals surface area contributed by atoms with E-state index in [1.807, 2.05) is 18.2 Å². The third-order valence-corrected chi connectivity index (χ3v) is 4.92. The van der Waals surface area contributed by atoms with Gasteiger partial charge in [-0.2, -0.15) is 0 Å². The number of aromatic nitrogens is 2. The van der Waals surface area contributed by atoms with Gasteiger partial charge in [-0.15, -0.1) is 0 Å². The van der Waals surface area contributed by atoms with E-state index in [-0.39, 0.29) is 11.4 Å². The van der Waals surface area contributed by atoms with E-state index in [4.69, 9.17) is 0 Å². The first kappa shape index (κ1) is 16.7. The molecular formula is C21H20FN3O. The van der Waals surface area contributed by atoms with E-state index in [9.17, 15) is 9.18 Å². The summed E-state index contributed by atoms with van der Waals surface area (Å²) in [5.41, 5.74) is 3.78. The summed E-state index contributed by atoms with van der Waals surface area (Å²) in [6.07, 6.45) is 4.26. The van der Waals surface area contributed by atoms with E-state index in [0.717, 1.165) is 36.3 Å². The van der Waals surface area contributed by atoms with Crippen molar-refractivity contribution in [1.29, 1.82) is 0 Å². The van der Waals surface area contributed by atoms with E-state index in [2.05, 4.69) is 16.9 Å². The van der Waals surface area contributed by atoms with Crippen LogP contribution in [0.2, 0.25) is 0 Å². The molecule has 5 heteroatoms. The van der Waals surface area contributed by atoms with Crippen LogP contribution in [0.3, 0.4) is 0 Å². The summed E-state index contributed by atoms with van der Waals surface area (Å²) in [5.74, 6) is -0.371. The zero-order valence-corrected chi connectivity index (χ0v) is 14.7. The highest BCUT2D eigenvalue weighted by Gasteiger charge is 2.21. The van der Waals surface area contributed by atoms with E-state index < -0.39 is 0 Å². The Morgan fingerprint density at radius 3 is 2.65 bits per heavy atom. The Morgan fingerprint density at radius 1 is 1.12 bits per heavy atom. The van der Waals surface area contributed by atoms with Crippen LogP contribution in [0.15, 0.2) is 59.7 Å².